The quantitative estimate of drug-likeness (QED) is 0.663. The maximum absolute atomic E-state index is 5.91. The van der Waals surface area contributed by atoms with Crippen LogP contribution in [0, 0.1) is 6.92 Å². The lowest BCUT2D eigenvalue weighted by molar-refractivity contribution is 0.284. The van der Waals surface area contributed by atoms with Gasteiger partial charge in [0, 0.05) is 11.5 Å². The van der Waals surface area contributed by atoms with E-state index in [4.69, 9.17) is 14.0 Å². The van der Waals surface area contributed by atoms with Crippen molar-refractivity contribution in [1.29, 1.82) is 0 Å². The molecule has 0 radical (unpaired) electrons. The van der Waals surface area contributed by atoms with Gasteiger partial charge < -0.3 is 14.0 Å². The first kappa shape index (κ1) is 15.7. The van der Waals surface area contributed by atoms with E-state index in [1.807, 2.05) is 18.2 Å². The Morgan fingerprint density at radius 2 is 1.88 bits per heavy atom. The van der Waals surface area contributed by atoms with E-state index in [0.29, 0.717) is 29.8 Å². The molecule has 2 aromatic carbocycles. The summed E-state index contributed by atoms with van der Waals surface area (Å²) in [4.78, 5) is 4.48. The molecule has 0 atom stereocenters. The lowest BCUT2D eigenvalue weighted by Crippen LogP contribution is -1.98. The van der Waals surface area contributed by atoms with Gasteiger partial charge in [-0.1, -0.05) is 35.0 Å². The number of ether oxygens (including phenoxy) is 2. The molecule has 0 bridgehead atoms. The number of benzene rings is 2. The van der Waals surface area contributed by atoms with Crippen molar-refractivity contribution in [2.45, 2.75) is 32.3 Å². The molecule has 1 heterocycles. The highest BCUT2D eigenvalue weighted by Crippen LogP contribution is 2.40. The number of hydrogen-bond donors (Lipinski definition) is 0. The van der Waals surface area contributed by atoms with Crippen molar-refractivity contribution < 1.29 is 14.0 Å². The minimum absolute atomic E-state index is 0.445. The van der Waals surface area contributed by atoms with Crippen LogP contribution in [0.1, 0.15) is 35.8 Å². The Labute approximate surface area is 146 Å². The summed E-state index contributed by atoms with van der Waals surface area (Å²) in [6.45, 7) is 2.56. The highest BCUT2D eigenvalue weighted by atomic mass is 16.5. The third kappa shape index (κ3) is 3.50. The Kier molecular flexibility index (Phi) is 4.14. The molecule has 0 spiro atoms. The average molecular weight is 336 g/mol. The summed E-state index contributed by atoms with van der Waals surface area (Å²) >= 11 is 0. The Bertz CT molecular complexity index is 867. The number of aryl methyl sites for hydroxylation is 1. The van der Waals surface area contributed by atoms with Crippen LogP contribution >= 0.6 is 0 Å². The third-order valence-electron chi connectivity index (χ3n) is 4.31. The number of aromatic nitrogens is 2. The lowest BCUT2D eigenvalue weighted by atomic mass is 10.1. The number of nitrogens with zero attached hydrogens (tertiary/aromatic N) is 2. The van der Waals surface area contributed by atoms with Crippen molar-refractivity contribution in [3.05, 3.63) is 59.5 Å². The fourth-order valence-corrected chi connectivity index (χ4v) is 2.62. The van der Waals surface area contributed by atoms with Gasteiger partial charge in [0.05, 0.1) is 7.11 Å². The molecule has 4 rings (SSSR count). The Morgan fingerprint density at radius 1 is 1.08 bits per heavy atom. The van der Waals surface area contributed by atoms with E-state index >= 15 is 0 Å². The molecule has 0 aliphatic heterocycles. The van der Waals surface area contributed by atoms with E-state index in [0.717, 1.165) is 29.9 Å². The van der Waals surface area contributed by atoms with Crippen LogP contribution < -0.4 is 9.47 Å². The van der Waals surface area contributed by atoms with Gasteiger partial charge >= 0.3 is 0 Å². The van der Waals surface area contributed by atoms with Crippen LogP contribution in [-0.4, -0.2) is 17.3 Å². The van der Waals surface area contributed by atoms with Gasteiger partial charge in [-0.15, -0.1) is 0 Å². The highest BCUT2D eigenvalue weighted by Gasteiger charge is 2.29. The van der Waals surface area contributed by atoms with Crippen LogP contribution in [0.4, 0.5) is 0 Å². The zero-order valence-corrected chi connectivity index (χ0v) is 14.4. The normalized spacial score (nSPS) is 13.7. The minimum Gasteiger partial charge on any atom is -0.493 e. The molecular formula is C20H20N2O3. The molecule has 1 aliphatic rings. The summed E-state index contributed by atoms with van der Waals surface area (Å²) in [5.41, 5.74) is 3.20. The van der Waals surface area contributed by atoms with Gasteiger partial charge in [-0.2, -0.15) is 4.98 Å². The van der Waals surface area contributed by atoms with Gasteiger partial charge in [0.15, 0.2) is 11.5 Å². The van der Waals surface area contributed by atoms with Gasteiger partial charge in [0.25, 0.3) is 0 Å². The fourth-order valence-electron chi connectivity index (χ4n) is 2.62. The van der Waals surface area contributed by atoms with E-state index in [-0.39, 0.29) is 0 Å². The molecule has 1 aromatic heterocycles. The second kappa shape index (κ2) is 6.59. The SMILES string of the molecule is COc1cc(-c2noc(C3CC3)n2)ccc1OCc1ccc(C)cc1. The maximum atomic E-state index is 5.91. The monoisotopic (exact) mass is 336 g/mol. The second-order valence-corrected chi connectivity index (χ2v) is 6.37. The zero-order valence-electron chi connectivity index (χ0n) is 14.4. The van der Waals surface area contributed by atoms with Crippen molar-refractivity contribution in [3.8, 4) is 22.9 Å². The van der Waals surface area contributed by atoms with Gasteiger partial charge in [0.1, 0.15) is 6.61 Å². The molecule has 0 N–H and O–H groups in total. The smallest absolute Gasteiger partial charge is 0.230 e. The highest BCUT2D eigenvalue weighted by molar-refractivity contribution is 5.60. The van der Waals surface area contributed by atoms with Gasteiger partial charge in [0.2, 0.25) is 11.7 Å². The predicted molar refractivity (Wildman–Crippen MR) is 93.8 cm³/mol. The van der Waals surface area contributed by atoms with Crippen LogP contribution in [-0.2, 0) is 6.61 Å². The summed E-state index contributed by atoms with van der Waals surface area (Å²) in [6, 6.07) is 14.0. The molecule has 128 valence electrons. The number of rotatable bonds is 6. The first-order valence-corrected chi connectivity index (χ1v) is 8.43. The molecular weight excluding hydrogens is 316 g/mol. The van der Waals surface area contributed by atoms with Crippen LogP contribution in [0.15, 0.2) is 47.0 Å². The van der Waals surface area contributed by atoms with Crippen molar-refractivity contribution in [3.63, 3.8) is 0 Å². The number of methoxy groups -OCH3 is 1. The van der Waals surface area contributed by atoms with E-state index in [1.54, 1.807) is 7.11 Å². The van der Waals surface area contributed by atoms with Gasteiger partial charge in [-0.05, 0) is 43.5 Å². The Morgan fingerprint density at radius 3 is 2.60 bits per heavy atom. The largest absolute Gasteiger partial charge is 0.493 e. The summed E-state index contributed by atoms with van der Waals surface area (Å²) in [5.74, 6) is 3.11. The summed E-state index contributed by atoms with van der Waals surface area (Å²) in [7, 11) is 1.63. The topological polar surface area (TPSA) is 57.4 Å². The van der Waals surface area contributed by atoms with Gasteiger partial charge in [-0.25, -0.2) is 0 Å². The Balaban J connectivity index is 1.51. The molecule has 1 saturated carbocycles. The zero-order chi connectivity index (χ0) is 17.2. The molecule has 0 saturated heterocycles. The molecule has 25 heavy (non-hydrogen) atoms. The molecule has 1 aliphatic carbocycles. The van der Waals surface area contributed by atoms with Crippen LogP contribution in [0.3, 0.4) is 0 Å². The Hall–Kier alpha value is -2.82. The maximum Gasteiger partial charge on any atom is 0.230 e. The number of hydrogen-bond acceptors (Lipinski definition) is 5. The van der Waals surface area contributed by atoms with E-state index in [1.165, 1.54) is 5.56 Å². The van der Waals surface area contributed by atoms with Crippen molar-refractivity contribution >= 4 is 0 Å². The van der Waals surface area contributed by atoms with Crippen LogP contribution in [0.5, 0.6) is 11.5 Å². The lowest BCUT2D eigenvalue weighted by Gasteiger charge is -2.11. The molecule has 0 unspecified atom stereocenters. The van der Waals surface area contributed by atoms with Crippen molar-refractivity contribution in [2.24, 2.45) is 0 Å². The first-order valence-electron chi connectivity index (χ1n) is 8.43. The van der Waals surface area contributed by atoms with E-state index in [9.17, 15) is 0 Å². The average Bonchev–Trinajstić information content (AvgIpc) is 3.38. The standard InChI is InChI=1S/C20H20N2O3/c1-13-3-5-14(6-4-13)12-24-17-10-9-16(11-18(17)23-2)19-21-20(25-22-19)15-7-8-15/h3-6,9-11,15H,7-8,12H2,1-2H3. The third-order valence-corrected chi connectivity index (χ3v) is 4.31. The molecule has 5 nitrogen and oxygen atoms in total. The van der Waals surface area contributed by atoms with Crippen molar-refractivity contribution in [1.82, 2.24) is 10.1 Å². The van der Waals surface area contributed by atoms with E-state index < -0.39 is 0 Å². The molecule has 0 amide bonds. The summed E-state index contributed by atoms with van der Waals surface area (Å²) in [5, 5.41) is 4.07. The second-order valence-electron chi connectivity index (χ2n) is 6.37. The van der Waals surface area contributed by atoms with Crippen LogP contribution in [0.25, 0.3) is 11.4 Å². The predicted octanol–water partition coefficient (Wildman–Crippen LogP) is 4.51. The molecule has 1 fully saturated rings. The van der Waals surface area contributed by atoms with Gasteiger partial charge in [-0.3, -0.25) is 0 Å². The molecule has 5 heteroatoms. The first-order chi connectivity index (χ1) is 12.2. The molecule has 3 aromatic rings. The van der Waals surface area contributed by atoms with E-state index in [2.05, 4.69) is 41.3 Å². The minimum atomic E-state index is 0.445. The van der Waals surface area contributed by atoms with Crippen LogP contribution in [0.2, 0.25) is 0 Å². The fraction of sp³-hybridized carbons (Fsp3) is 0.300. The summed E-state index contributed by atoms with van der Waals surface area (Å²) < 4.78 is 16.7. The van der Waals surface area contributed by atoms with Crippen molar-refractivity contribution in [2.75, 3.05) is 7.11 Å². The summed E-state index contributed by atoms with van der Waals surface area (Å²) in [6.07, 6.45) is 2.27.